The van der Waals surface area contributed by atoms with Crippen molar-refractivity contribution in [1.29, 1.82) is 0 Å². The summed E-state index contributed by atoms with van der Waals surface area (Å²) < 4.78 is 5.01. The average molecular weight is 154 g/mol. The number of aromatic nitrogens is 1. The zero-order valence-corrected chi connectivity index (χ0v) is 7.22. The molecule has 0 aliphatic carbocycles. The van der Waals surface area contributed by atoms with Gasteiger partial charge >= 0.3 is 0 Å². The van der Waals surface area contributed by atoms with E-state index in [-0.39, 0.29) is 5.41 Å². The second kappa shape index (κ2) is 2.95. The van der Waals surface area contributed by atoms with Gasteiger partial charge in [-0.05, 0) is 5.41 Å². The van der Waals surface area contributed by atoms with Crippen LogP contribution in [0, 0.1) is 5.41 Å². The lowest BCUT2D eigenvalue weighted by molar-refractivity contribution is 0.434. The highest BCUT2D eigenvalue weighted by molar-refractivity contribution is 5.17. The molecule has 0 spiro atoms. The molecule has 0 bridgehead atoms. The van der Waals surface area contributed by atoms with Crippen molar-refractivity contribution in [1.82, 2.24) is 4.98 Å². The van der Waals surface area contributed by atoms with Crippen molar-refractivity contribution < 1.29 is 4.42 Å². The molecular formula is C8H14N2O. The van der Waals surface area contributed by atoms with E-state index in [1.807, 2.05) is 0 Å². The van der Waals surface area contributed by atoms with Crippen LogP contribution < -0.4 is 5.32 Å². The highest BCUT2D eigenvalue weighted by atomic mass is 16.4. The van der Waals surface area contributed by atoms with Crippen LogP contribution in [-0.4, -0.2) is 11.5 Å². The highest BCUT2D eigenvalue weighted by Crippen LogP contribution is 2.13. The molecule has 0 atom stereocenters. The van der Waals surface area contributed by atoms with E-state index in [0.717, 1.165) is 6.54 Å². The molecule has 0 unspecified atom stereocenters. The molecule has 1 rings (SSSR count). The SMILES string of the molecule is CC(C)(C)CNc1ncco1. The second-order valence-electron chi connectivity index (χ2n) is 3.75. The van der Waals surface area contributed by atoms with Gasteiger partial charge < -0.3 is 9.73 Å². The Morgan fingerprint density at radius 3 is 2.73 bits per heavy atom. The van der Waals surface area contributed by atoms with E-state index in [1.54, 1.807) is 12.5 Å². The average Bonchev–Trinajstić information content (AvgIpc) is 2.32. The fourth-order valence-corrected chi connectivity index (χ4v) is 0.652. The molecule has 0 saturated carbocycles. The smallest absolute Gasteiger partial charge is 0.294 e. The first-order valence-electron chi connectivity index (χ1n) is 3.71. The van der Waals surface area contributed by atoms with Crippen LogP contribution in [0.2, 0.25) is 0 Å². The van der Waals surface area contributed by atoms with E-state index in [1.165, 1.54) is 0 Å². The number of hydrogen-bond acceptors (Lipinski definition) is 3. The van der Waals surface area contributed by atoms with E-state index < -0.39 is 0 Å². The van der Waals surface area contributed by atoms with Gasteiger partial charge in [-0.2, -0.15) is 0 Å². The fourth-order valence-electron chi connectivity index (χ4n) is 0.652. The lowest BCUT2D eigenvalue weighted by Gasteiger charge is -2.17. The van der Waals surface area contributed by atoms with Crippen molar-refractivity contribution >= 4 is 6.01 Å². The van der Waals surface area contributed by atoms with Crippen molar-refractivity contribution in [2.24, 2.45) is 5.41 Å². The van der Waals surface area contributed by atoms with Crippen molar-refractivity contribution in [2.75, 3.05) is 11.9 Å². The molecule has 1 aromatic rings. The Morgan fingerprint density at radius 1 is 1.55 bits per heavy atom. The van der Waals surface area contributed by atoms with Crippen LogP contribution in [0.15, 0.2) is 16.9 Å². The van der Waals surface area contributed by atoms with Gasteiger partial charge in [0.15, 0.2) is 0 Å². The summed E-state index contributed by atoms with van der Waals surface area (Å²) in [6, 6.07) is 0.597. The molecule has 62 valence electrons. The Bertz CT molecular complexity index is 198. The predicted octanol–water partition coefficient (Wildman–Crippen LogP) is 2.13. The predicted molar refractivity (Wildman–Crippen MR) is 44.4 cm³/mol. The van der Waals surface area contributed by atoms with Crippen LogP contribution in [0.4, 0.5) is 6.01 Å². The first-order chi connectivity index (χ1) is 5.08. The molecule has 0 aliphatic rings. The second-order valence-corrected chi connectivity index (χ2v) is 3.75. The van der Waals surface area contributed by atoms with Gasteiger partial charge in [-0.15, -0.1) is 0 Å². The third-order valence-electron chi connectivity index (χ3n) is 1.20. The Labute approximate surface area is 66.8 Å². The first-order valence-corrected chi connectivity index (χ1v) is 3.71. The van der Waals surface area contributed by atoms with Gasteiger partial charge in [0, 0.05) is 6.54 Å². The third-order valence-corrected chi connectivity index (χ3v) is 1.20. The van der Waals surface area contributed by atoms with Gasteiger partial charge in [0.2, 0.25) is 0 Å². The lowest BCUT2D eigenvalue weighted by atomic mass is 9.97. The van der Waals surface area contributed by atoms with E-state index in [9.17, 15) is 0 Å². The quantitative estimate of drug-likeness (QED) is 0.709. The number of oxazole rings is 1. The first kappa shape index (κ1) is 8.11. The Hall–Kier alpha value is -0.990. The van der Waals surface area contributed by atoms with Crippen molar-refractivity contribution in [3.63, 3.8) is 0 Å². The molecule has 1 N–H and O–H groups in total. The summed E-state index contributed by atoms with van der Waals surface area (Å²) in [5, 5.41) is 3.09. The largest absolute Gasteiger partial charge is 0.432 e. The van der Waals surface area contributed by atoms with Gasteiger partial charge in [0.25, 0.3) is 6.01 Å². The zero-order valence-electron chi connectivity index (χ0n) is 7.22. The molecule has 3 nitrogen and oxygen atoms in total. The maximum absolute atomic E-state index is 5.01. The van der Waals surface area contributed by atoms with Crippen LogP contribution in [-0.2, 0) is 0 Å². The molecule has 0 fully saturated rings. The van der Waals surface area contributed by atoms with Gasteiger partial charge in [-0.25, -0.2) is 4.98 Å². The Balaban J connectivity index is 2.35. The number of nitrogens with one attached hydrogen (secondary N) is 1. The van der Waals surface area contributed by atoms with E-state index in [4.69, 9.17) is 4.42 Å². The lowest BCUT2D eigenvalue weighted by Crippen LogP contribution is -2.19. The zero-order chi connectivity index (χ0) is 8.32. The summed E-state index contributed by atoms with van der Waals surface area (Å²) in [6.07, 6.45) is 3.19. The van der Waals surface area contributed by atoms with Crippen LogP contribution in [0.25, 0.3) is 0 Å². The molecular weight excluding hydrogens is 140 g/mol. The minimum absolute atomic E-state index is 0.258. The normalized spacial score (nSPS) is 11.5. The Kier molecular flexibility index (Phi) is 2.17. The Morgan fingerprint density at radius 2 is 2.27 bits per heavy atom. The minimum Gasteiger partial charge on any atom is -0.432 e. The molecule has 0 radical (unpaired) electrons. The molecule has 0 aromatic carbocycles. The van der Waals surface area contributed by atoms with E-state index >= 15 is 0 Å². The summed E-state index contributed by atoms with van der Waals surface area (Å²) in [4.78, 5) is 3.94. The third kappa shape index (κ3) is 3.07. The van der Waals surface area contributed by atoms with Crippen molar-refractivity contribution in [3.8, 4) is 0 Å². The summed E-state index contributed by atoms with van der Waals surface area (Å²) in [5.74, 6) is 0. The molecule has 1 heterocycles. The number of anilines is 1. The summed E-state index contributed by atoms with van der Waals surface area (Å²) in [5.41, 5.74) is 0.258. The summed E-state index contributed by atoms with van der Waals surface area (Å²) in [7, 11) is 0. The number of nitrogens with zero attached hydrogens (tertiary/aromatic N) is 1. The van der Waals surface area contributed by atoms with Crippen LogP contribution in [0.3, 0.4) is 0 Å². The summed E-state index contributed by atoms with van der Waals surface area (Å²) in [6.45, 7) is 7.34. The minimum atomic E-state index is 0.258. The van der Waals surface area contributed by atoms with Crippen LogP contribution in [0.1, 0.15) is 20.8 Å². The fraction of sp³-hybridized carbons (Fsp3) is 0.625. The molecule has 3 heteroatoms. The summed E-state index contributed by atoms with van der Waals surface area (Å²) >= 11 is 0. The van der Waals surface area contributed by atoms with Crippen LogP contribution in [0.5, 0.6) is 0 Å². The van der Waals surface area contributed by atoms with E-state index in [2.05, 4.69) is 31.1 Å². The highest BCUT2D eigenvalue weighted by Gasteiger charge is 2.10. The number of hydrogen-bond donors (Lipinski definition) is 1. The maximum atomic E-state index is 5.01. The maximum Gasteiger partial charge on any atom is 0.294 e. The van der Waals surface area contributed by atoms with Gasteiger partial charge in [-0.1, -0.05) is 20.8 Å². The standard InChI is InChI=1S/C8H14N2O/c1-8(2,3)6-10-7-9-4-5-11-7/h4-5H,6H2,1-3H3,(H,9,10). The van der Waals surface area contributed by atoms with Gasteiger partial charge in [0.05, 0.1) is 6.20 Å². The molecule has 11 heavy (non-hydrogen) atoms. The molecule has 1 aromatic heterocycles. The van der Waals surface area contributed by atoms with Gasteiger partial charge in [0.1, 0.15) is 6.26 Å². The van der Waals surface area contributed by atoms with Crippen LogP contribution >= 0.6 is 0 Å². The van der Waals surface area contributed by atoms with Gasteiger partial charge in [-0.3, -0.25) is 0 Å². The molecule has 0 saturated heterocycles. The van der Waals surface area contributed by atoms with Crippen molar-refractivity contribution in [3.05, 3.63) is 12.5 Å². The van der Waals surface area contributed by atoms with E-state index in [0.29, 0.717) is 6.01 Å². The monoisotopic (exact) mass is 154 g/mol. The van der Waals surface area contributed by atoms with Crippen molar-refractivity contribution in [2.45, 2.75) is 20.8 Å². The molecule has 0 aliphatic heterocycles. The molecule has 0 amide bonds. The topological polar surface area (TPSA) is 38.1 Å². The number of rotatable bonds is 2.